The lowest BCUT2D eigenvalue weighted by Crippen LogP contribution is -2.52. The van der Waals surface area contributed by atoms with Crippen LogP contribution in [0.1, 0.15) is 75.2 Å². The highest BCUT2D eigenvalue weighted by molar-refractivity contribution is 6.35. The number of ether oxygens (including phenoxy) is 4. The van der Waals surface area contributed by atoms with Gasteiger partial charge in [-0.05, 0) is 104 Å². The summed E-state index contributed by atoms with van der Waals surface area (Å²) in [6.07, 6.45) is -0.917. The summed E-state index contributed by atoms with van der Waals surface area (Å²) in [4.78, 5) is 52.4. The number of amides is 1. The summed E-state index contributed by atoms with van der Waals surface area (Å²) in [5.74, 6) is -5.32. The van der Waals surface area contributed by atoms with Crippen LogP contribution in [0, 0.1) is 22.9 Å². The van der Waals surface area contributed by atoms with Crippen LogP contribution in [-0.4, -0.2) is 79.0 Å². The highest BCUT2D eigenvalue weighted by Gasteiger charge is 2.39. The largest absolute Gasteiger partial charge is 0.619 e. The molecule has 3 aromatic carbocycles. The number of carbonyl (C=O) groups excluding carboxylic acids is 3. The molecule has 3 saturated heterocycles. The van der Waals surface area contributed by atoms with Crippen LogP contribution in [0.2, 0.25) is 10.0 Å². The SMILES string of the molecule is O=C(NC(C(=O)O[C@H]1CN2CCC1CC2)c1ccc(F)cc1)c1cccc(C(=O)O[C@@H](Cc2c(Cl)c[n+]([O-])cc2Cl)c2ccc(OC(F)F)c(OCC3CC3)c2)c1.O=C(O)C(F)(F)F. The molecule has 4 aliphatic rings. The summed E-state index contributed by atoms with van der Waals surface area (Å²) in [6, 6.07) is 13.6. The highest BCUT2D eigenvalue weighted by Crippen LogP contribution is 2.38. The molecular weight excluding hydrogens is 903 g/mol. The Morgan fingerprint density at radius 2 is 1.52 bits per heavy atom. The maximum absolute atomic E-state index is 13.9. The van der Waals surface area contributed by atoms with Gasteiger partial charge in [0.05, 0.1) is 12.2 Å². The van der Waals surface area contributed by atoms with Crippen molar-refractivity contribution < 1.29 is 74.3 Å². The number of carboxylic acids is 1. The lowest BCUT2D eigenvalue weighted by Gasteiger charge is -2.44. The summed E-state index contributed by atoms with van der Waals surface area (Å²) in [7, 11) is 0. The number of nitrogens with one attached hydrogen (secondary N) is 1. The molecule has 13 nitrogen and oxygen atoms in total. The van der Waals surface area contributed by atoms with Gasteiger partial charge in [0.15, 0.2) is 29.9 Å². The molecule has 21 heteroatoms. The van der Waals surface area contributed by atoms with E-state index in [1.807, 2.05) is 0 Å². The molecule has 342 valence electrons. The molecule has 1 aromatic heterocycles. The third-order valence-corrected chi connectivity index (χ3v) is 11.3. The van der Waals surface area contributed by atoms with Crippen LogP contribution in [-0.2, 0) is 25.5 Å². The molecule has 8 rings (SSSR count). The van der Waals surface area contributed by atoms with Crippen molar-refractivity contribution in [3.8, 4) is 11.5 Å². The molecule has 3 aliphatic heterocycles. The molecule has 1 amide bonds. The normalized spacial score (nSPS) is 18.8. The third-order valence-electron chi connectivity index (χ3n) is 10.6. The van der Waals surface area contributed by atoms with Crippen LogP contribution < -0.4 is 19.5 Å². The summed E-state index contributed by atoms with van der Waals surface area (Å²) in [6.45, 7) is -0.398. The lowest BCUT2D eigenvalue weighted by molar-refractivity contribution is -0.605. The maximum Gasteiger partial charge on any atom is 0.490 e. The second-order valence-electron chi connectivity index (χ2n) is 15.2. The smallest absolute Gasteiger partial charge is 0.490 e. The predicted molar refractivity (Wildman–Crippen MR) is 214 cm³/mol. The zero-order valence-electron chi connectivity index (χ0n) is 33.4. The van der Waals surface area contributed by atoms with E-state index in [0.717, 1.165) is 51.2 Å². The van der Waals surface area contributed by atoms with Crippen molar-refractivity contribution in [2.24, 2.45) is 11.8 Å². The number of carbonyl (C=O) groups is 4. The quantitative estimate of drug-likeness (QED) is 0.0513. The first kappa shape index (κ1) is 47.7. The van der Waals surface area contributed by atoms with Crippen molar-refractivity contribution in [2.75, 3.05) is 26.2 Å². The molecule has 1 saturated carbocycles. The molecule has 4 fully saturated rings. The van der Waals surface area contributed by atoms with Crippen molar-refractivity contribution in [3.63, 3.8) is 0 Å². The molecule has 0 radical (unpaired) electrons. The van der Waals surface area contributed by atoms with E-state index >= 15 is 0 Å². The minimum Gasteiger partial charge on any atom is -0.619 e. The van der Waals surface area contributed by atoms with Gasteiger partial charge in [-0.2, -0.15) is 26.7 Å². The number of aromatic nitrogens is 1. The fraction of sp³-hybridized carbons (Fsp3) is 0.372. The number of carboxylic acid groups (broad SMARTS) is 1. The summed E-state index contributed by atoms with van der Waals surface area (Å²) in [5, 5.41) is 21.8. The molecule has 2 N–H and O–H groups in total. The van der Waals surface area contributed by atoms with Crippen molar-refractivity contribution >= 4 is 47.0 Å². The van der Waals surface area contributed by atoms with Gasteiger partial charge in [0, 0.05) is 24.1 Å². The van der Waals surface area contributed by atoms with Crippen molar-refractivity contribution in [1.29, 1.82) is 0 Å². The van der Waals surface area contributed by atoms with Crippen LogP contribution in [0.3, 0.4) is 0 Å². The number of benzene rings is 3. The Kier molecular flexibility index (Phi) is 15.5. The van der Waals surface area contributed by atoms with E-state index in [1.54, 1.807) is 0 Å². The van der Waals surface area contributed by atoms with E-state index in [4.69, 9.17) is 47.3 Å². The Morgan fingerprint density at radius 1 is 0.891 bits per heavy atom. The minimum atomic E-state index is -5.08. The van der Waals surface area contributed by atoms with E-state index in [2.05, 4.69) is 15.0 Å². The van der Waals surface area contributed by atoms with E-state index < -0.39 is 54.6 Å². The first-order valence-electron chi connectivity index (χ1n) is 19.7. The van der Waals surface area contributed by atoms with Crippen molar-refractivity contribution in [3.05, 3.63) is 128 Å². The number of piperidine rings is 3. The number of alkyl halides is 5. The average Bonchev–Trinajstić information content (AvgIpc) is 4.08. The first-order chi connectivity index (χ1) is 30.3. The molecule has 2 bridgehead atoms. The number of aliphatic carboxylic acids is 1. The second kappa shape index (κ2) is 20.8. The number of esters is 2. The zero-order chi connectivity index (χ0) is 46.3. The molecular formula is C43H39Cl2F6N3O10. The van der Waals surface area contributed by atoms with Gasteiger partial charge < -0.3 is 34.6 Å². The Labute approximate surface area is 371 Å². The molecule has 0 spiro atoms. The summed E-state index contributed by atoms with van der Waals surface area (Å²) >= 11 is 12.8. The van der Waals surface area contributed by atoms with Crippen LogP contribution >= 0.6 is 23.2 Å². The molecule has 4 aromatic rings. The first-order valence-corrected chi connectivity index (χ1v) is 20.5. The van der Waals surface area contributed by atoms with Crippen LogP contribution in [0.5, 0.6) is 11.5 Å². The van der Waals surface area contributed by atoms with Crippen molar-refractivity contribution in [2.45, 2.75) is 63.1 Å². The van der Waals surface area contributed by atoms with Gasteiger partial charge in [-0.25, -0.2) is 18.8 Å². The molecule has 3 atom stereocenters. The van der Waals surface area contributed by atoms with E-state index in [1.165, 1.54) is 66.7 Å². The fourth-order valence-electron chi connectivity index (χ4n) is 7.06. The third kappa shape index (κ3) is 12.9. The number of halogens is 8. The topological polar surface area (TPSA) is 168 Å². The van der Waals surface area contributed by atoms with Gasteiger partial charge in [0.25, 0.3) is 5.91 Å². The number of nitrogens with zero attached hydrogens (tertiary/aromatic N) is 2. The Morgan fingerprint density at radius 3 is 2.09 bits per heavy atom. The van der Waals surface area contributed by atoms with E-state index in [-0.39, 0.29) is 69.2 Å². The number of fused-ring (bicyclic) bond motifs is 3. The number of hydrogen-bond acceptors (Lipinski definition) is 10. The number of hydrogen-bond donors (Lipinski definition) is 2. The fourth-order valence-corrected chi connectivity index (χ4v) is 7.65. The van der Waals surface area contributed by atoms with Gasteiger partial charge in [0.2, 0.25) is 0 Å². The minimum absolute atomic E-state index is 0.00200. The van der Waals surface area contributed by atoms with E-state index in [0.29, 0.717) is 22.4 Å². The van der Waals surface area contributed by atoms with Gasteiger partial charge in [-0.1, -0.05) is 47.5 Å². The van der Waals surface area contributed by atoms with Gasteiger partial charge >= 0.3 is 30.7 Å². The highest BCUT2D eigenvalue weighted by atomic mass is 35.5. The lowest BCUT2D eigenvalue weighted by atomic mass is 9.86. The molecule has 64 heavy (non-hydrogen) atoms. The molecule has 1 aliphatic carbocycles. The summed E-state index contributed by atoms with van der Waals surface area (Å²) in [5.41, 5.74) is 0.829. The van der Waals surface area contributed by atoms with Crippen LogP contribution in [0.15, 0.2) is 79.1 Å². The zero-order valence-corrected chi connectivity index (χ0v) is 34.9. The Hall–Kier alpha value is -5.79. The van der Waals surface area contributed by atoms with Gasteiger partial charge in [-0.3, -0.25) is 9.69 Å². The monoisotopic (exact) mass is 941 g/mol. The number of pyridine rings is 1. The maximum atomic E-state index is 13.9. The Balaban J connectivity index is 0.000000898. The van der Waals surface area contributed by atoms with E-state index in [9.17, 15) is 45.9 Å². The second-order valence-corrected chi connectivity index (χ2v) is 16.0. The van der Waals surface area contributed by atoms with Gasteiger partial charge in [-0.15, -0.1) is 0 Å². The van der Waals surface area contributed by atoms with Crippen LogP contribution in [0.25, 0.3) is 0 Å². The predicted octanol–water partition coefficient (Wildman–Crippen LogP) is 8.04. The molecule has 1 unspecified atom stereocenters. The van der Waals surface area contributed by atoms with Gasteiger partial charge in [0.1, 0.15) is 28.1 Å². The standard InChI is InChI=1S/C41H38Cl2F3N3O8.C2HF3O2/c42-31-19-49(53)20-32(43)30(31)18-34(26-8-11-33(57-41(45)46)35(17-26)54-22-23-4-5-23)55-39(51)28-3-1-2-27(16-28)38(50)47-37(25-6-9-29(44)10-7-25)40(52)56-36-21-48-14-12-24(36)13-15-48;3-2(4,5)1(6)7/h1-3,6-11,16-17,19-20,23-24,34,36-37,41H,4-5,12-15,18,21-22H2,(H,47,50);(H,6,7)/t34-,36-,37?;/m0./s1. The number of rotatable bonds is 15. The average molecular weight is 943 g/mol. The van der Waals surface area contributed by atoms with Crippen molar-refractivity contribution in [1.82, 2.24) is 10.2 Å². The summed E-state index contributed by atoms with van der Waals surface area (Å²) < 4.78 is 95.1. The Bertz CT molecular complexity index is 2310. The molecule has 4 heterocycles. The van der Waals surface area contributed by atoms with Crippen LogP contribution in [0.4, 0.5) is 26.3 Å².